The van der Waals surface area contributed by atoms with Crippen molar-refractivity contribution in [2.24, 2.45) is 11.8 Å². The molecule has 21 heavy (non-hydrogen) atoms. The van der Waals surface area contributed by atoms with Gasteiger partial charge in [0.05, 0.1) is 12.2 Å². The summed E-state index contributed by atoms with van der Waals surface area (Å²) in [5.74, 6) is 1.51. The summed E-state index contributed by atoms with van der Waals surface area (Å²) < 4.78 is 0. The molecular formula is C17H33N3O. The fourth-order valence-electron chi connectivity index (χ4n) is 3.63. The van der Waals surface area contributed by atoms with Crippen molar-refractivity contribution in [2.45, 2.75) is 65.1 Å². The van der Waals surface area contributed by atoms with Gasteiger partial charge in [0.15, 0.2) is 0 Å². The Kier molecular flexibility index (Phi) is 6.06. The summed E-state index contributed by atoms with van der Waals surface area (Å²) in [5.41, 5.74) is 0. The van der Waals surface area contributed by atoms with E-state index in [2.05, 4.69) is 42.9 Å². The molecule has 1 amide bonds. The minimum absolute atomic E-state index is 0.0269. The van der Waals surface area contributed by atoms with Crippen molar-refractivity contribution in [3.05, 3.63) is 0 Å². The number of likely N-dealkylation sites (tertiary alicyclic amines) is 1. The molecule has 0 radical (unpaired) electrons. The van der Waals surface area contributed by atoms with Crippen LogP contribution < -0.4 is 5.32 Å². The summed E-state index contributed by atoms with van der Waals surface area (Å²) in [7, 11) is 2.20. The Labute approximate surface area is 130 Å². The van der Waals surface area contributed by atoms with Gasteiger partial charge in [-0.1, -0.05) is 27.2 Å². The van der Waals surface area contributed by atoms with E-state index in [-0.39, 0.29) is 12.2 Å². The van der Waals surface area contributed by atoms with Gasteiger partial charge in [-0.2, -0.15) is 0 Å². The molecule has 0 spiro atoms. The summed E-state index contributed by atoms with van der Waals surface area (Å²) >= 11 is 0. The number of piperidine rings is 1. The summed E-state index contributed by atoms with van der Waals surface area (Å²) in [5, 5.41) is 3.55. The molecule has 122 valence electrons. The Bertz CT molecular complexity index is 337. The SMILES string of the molecule is CCCC1NC(C(C)C)C(=O)N1CCC1CCN(C)CC1. The lowest BCUT2D eigenvalue weighted by Gasteiger charge is -2.31. The van der Waals surface area contributed by atoms with Crippen LogP contribution in [0.3, 0.4) is 0 Å². The molecule has 4 heteroatoms. The van der Waals surface area contributed by atoms with E-state index in [0.717, 1.165) is 25.3 Å². The van der Waals surface area contributed by atoms with Crippen LogP contribution in [0.1, 0.15) is 52.9 Å². The van der Waals surface area contributed by atoms with Crippen LogP contribution >= 0.6 is 0 Å². The highest BCUT2D eigenvalue weighted by Crippen LogP contribution is 2.24. The fraction of sp³-hybridized carbons (Fsp3) is 0.941. The first-order chi connectivity index (χ1) is 10.0. The van der Waals surface area contributed by atoms with E-state index in [1.807, 2.05) is 0 Å². The minimum atomic E-state index is 0.0269. The smallest absolute Gasteiger partial charge is 0.241 e. The highest BCUT2D eigenvalue weighted by molar-refractivity contribution is 5.84. The molecule has 0 aromatic rings. The van der Waals surface area contributed by atoms with Gasteiger partial charge in [-0.25, -0.2) is 0 Å². The summed E-state index contributed by atoms with van der Waals surface area (Å²) in [6.07, 6.45) is 6.21. The second kappa shape index (κ2) is 7.59. The largest absolute Gasteiger partial charge is 0.326 e. The van der Waals surface area contributed by atoms with E-state index in [1.54, 1.807) is 0 Å². The van der Waals surface area contributed by atoms with Crippen LogP contribution in [-0.2, 0) is 4.79 Å². The molecule has 0 aromatic heterocycles. The van der Waals surface area contributed by atoms with Gasteiger partial charge >= 0.3 is 0 Å². The maximum Gasteiger partial charge on any atom is 0.241 e. The van der Waals surface area contributed by atoms with E-state index < -0.39 is 0 Å². The predicted molar refractivity (Wildman–Crippen MR) is 87.0 cm³/mol. The molecule has 0 bridgehead atoms. The van der Waals surface area contributed by atoms with E-state index in [0.29, 0.717) is 11.8 Å². The zero-order valence-electron chi connectivity index (χ0n) is 14.3. The van der Waals surface area contributed by atoms with E-state index >= 15 is 0 Å². The first kappa shape index (κ1) is 16.8. The van der Waals surface area contributed by atoms with Crippen LogP contribution in [0.25, 0.3) is 0 Å². The highest BCUT2D eigenvalue weighted by Gasteiger charge is 2.39. The fourth-order valence-corrected chi connectivity index (χ4v) is 3.63. The number of carbonyl (C=O) groups is 1. The lowest BCUT2D eigenvalue weighted by Crippen LogP contribution is -2.39. The molecule has 2 saturated heterocycles. The standard InChI is InChI=1S/C17H33N3O/c1-5-6-15-18-16(13(2)3)17(21)20(15)12-9-14-7-10-19(4)11-8-14/h13-16,18H,5-12H2,1-4H3. The summed E-state index contributed by atoms with van der Waals surface area (Å²) in [6, 6.07) is 0.0269. The highest BCUT2D eigenvalue weighted by atomic mass is 16.2. The average molecular weight is 295 g/mol. The Morgan fingerprint density at radius 2 is 1.90 bits per heavy atom. The van der Waals surface area contributed by atoms with Crippen LogP contribution in [0.15, 0.2) is 0 Å². The lowest BCUT2D eigenvalue weighted by molar-refractivity contribution is -0.131. The van der Waals surface area contributed by atoms with E-state index in [4.69, 9.17) is 0 Å². The summed E-state index contributed by atoms with van der Waals surface area (Å²) in [6.45, 7) is 9.84. The number of hydrogen-bond donors (Lipinski definition) is 1. The van der Waals surface area contributed by atoms with E-state index in [9.17, 15) is 4.79 Å². The van der Waals surface area contributed by atoms with Crippen molar-refractivity contribution in [3.8, 4) is 0 Å². The molecular weight excluding hydrogens is 262 g/mol. The van der Waals surface area contributed by atoms with Crippen LogP contribution in [-0.4, -0.2) is 54.6 Å². The van der Waals surface area contributed by atoms with Gasteiger partial charge in [-0.15, -0.1) is 0 Å². The van der Waals surface area contributed by atoms with Crippen molar-refractivity contribution in [1.29, 1.82) is 0 Å². The van der Waals surface area contributed by atoms with Gasteiger partial charge in [0.25, 0.3) is 0 Å². The third-order valence-corrected chi connectivity index (χ3v) is 5.14. The predicted octanol–water partition coefficient (Wildman–Crippen LogP) is 2.30. The van der Waals surface area contributed by atoms with Crippen LogP contribution in [0, 0.1) is 11.8 Å². The van der Waals surface area contributed by atoms with Gasteiger partial charge in [0.1, 0.15) is 0 Å². The number of rotatable bonds is 6. The molecule has 2 atom stereocenters. The number of hydrogen-bond acceptors (Lipinski definition) is 3. The molecule has 0 aromatic carbocycles. The molecule has 2 unspecified atom stereocenters. The monoisotopic (exact) mass is 295 g/mol. The second-order valence-corrected chi connectivity index (χ2v) is 7.26. The maximum absolute atomic E-state index is 12.6. The number of amides is 1. The van der Waals surface area contributed by atoms with Gasteiger partial charge in [-0.05, 0) is 57.7 Å². The third-order valence-electron chi connectivity index (χ3n) is 5.14. The van der Waals surface area contributed by atoms with Crippen LogP contribution in [0.5, 0.6) is 0 Å². The topological polar surface area (TPSA) is 35.6 Å². The zero-order chi connectivity index (χ0) is 15.4. The number of nitrogens with zero attached hydrogens (tertiary/aromatic N) is 2. The molecule has 0 aliphatic carbocycles. The average Bonchev–Trinajstić information content (AvgIpc) is 2.76. The third kappa shape index (κ3) is 4.19. The summed E-state index contributed by atoms with van der Waals surface area (Å²) in [4.78, 5) is 17.2. The maximum atomic E-state index is 12.6. The molecule has 2 rings (SSSR count). The Morgan fingerprint density at radius 1 is 1.24 bits per heavy atom. The molecule has 4 nitrogen and oxygen atoms in total. The van der Waals surface area contributed by atoms with Crippen molar-refractivity contribution in [1.82, 2.24) is 15.1 Å². The molecule has 2 aliphatic rings. The van der Waals surface area contributed by atoms with Gasteiger partial charge in [0.2, 0.25) is 5.91 Å². The van der Waals surface area contributed by atoms with Crippen molar-refractivity contribution in [3.63, 3.8) is 0 Å². The molecule has 2 fully saturated rings. The quantitative estimate of drug-likeness (QED) is 0.817. The lowest BCUT2D eigenvalue weighted by atomic mass is 9.93. The van der Waals surface area contributed by atoms with Gasteiger partial charge < -0.3 is 9.80 Å². The number of carbonyl (C=O) groups excluding carboxylic acids is 1. The first-order valence-electron chi connectivity index (χ1n) is 8.78. The molecule has 1 N–H and O–H groups in total. The Morgan fingerprint density at radius 3 is 2.48 bits per heavy atom. The van der Waals surface area contributed by atoms with Crippen molar-refractivity contribution < 1.29 is 4.79 Å². The van der Waals surface area contributed by atoms with Crippen LogP contribution in [0.4, 0.5) is 0 Å². The zero-order valence-corrected chi connectivity index (χ0v) is 14.3. The van der Waals surface area contributed by atoms with Gasteiger partial charge in [-0.3, -0.25) is 10.1 Å². The van der Waals surface area contributed by atoms with Gasteiger partial charge in [0, 0.05) is 6.54 Å². The Hall–Kier alpha value is -0.610. The van der Waals surface area contributed by atoms with Crippen molar-refractivity contribution in [2.75, 3.05) is 26.7 Å². The molecule has 2 aliphatic heterocycles. The van der Waals surface area contributed by atoms with Crippen LogP contribution in [0.2, 0.25) is 0 Å². The Balaban J connectivity index is 1.88. The molecule has 0 saturated carbocycles. The van der Waals surface area contributed by atoms with Crippen molar-refractivity contribution >= 4 is 5.91 Å². The number of nitrogens with one attached hydrogen (secondary N) is 1. The minimum Gasteiger partial charge on any atom is -0.326 e. The molecule has 2 heterocycles. The van der Waals surface area contributed by atoms with E-state index in [1.165, 1.54) is 32.4 Å². The first-order valence-corrected chi connectivity index (χ1v) is 8.78. The second-order valence-electron chi connectivity index (χ2n) is 7.26. The normalized spacial score (nSPS) is 28.8.